The SMILES string of the molecule is O=S(=O)(CCCBr)Nc1ccc(Nc2c3ccccc3nc3ccccc23)cc1. The first-order valence-corrected chi connectivity index (χ1v) is 12.0. The summed E-state index contributed by atoms with van der Waals surface area (Å²) < 4.78 is 26.8. The fourth-order valence-electron chi connectivity index (χ4n) is 3.22. The molecule has 0 aliphatic rings. The van der Waals surface area contributed by atoms with Crippen LogP contribution in [0.1, 0.15) is 6.42 Å². The van der Waals surface area contributed by atoms with Crippen molar-refractivity contribution in [2.24, 2.45) is 0 Å². The van der Waals surface area contributed by atoms with Crippen LogP contribution in [-0.2, 0) is 10.0 Å². The standard InChI is InChI=1S/C22H20BrN3O2S/c23-14-5-15-29(27,28)26-17-12-10-16(11-13-17)24-22-18-6-1-3-8-20(18)25-21-9-4-2-7-19(21)22/h1-4,6-13,26H,5,14-15H2,(H,24,25). The van der Waals surface area contributed by atoms with Crippen LogP contribution in [0, 0.1) is 0 Å². The first kappa shape index (κ1) is 19.7. The average molecular weight is 470 g/mol. The normalized spacial score (nSPS) is 11.6. The summed E-state index contributed by atoms with van der Waals surface area (Å²) in [6.07, 6.45) is 0.567. The highest BCUT2D eigenvalue weighted by molar-refractivity contribution is 9.09. The molecule has 3 aromatic carbocycles. The summed E-state index contributed by atoms with van der Waals surface area (Å²) in [6.45, 7) is 0. The number of hydrogen-bond acceptors (Lipinski definition) is 4. The quantitative estimate of drug-likeness (QED) is 0.270. The molecule has 0 unspecified atom stereocenters. The molecule has 1 aromatic heterocycles. The molecule has 29 heavy (non-hydrogen) atoms. The number of pyridine rings is 1. The molecule has 0 saturated heterocycles. The summed E-state index contributed by atoms with van der Waals surface area (Å²) in [5.74, 6) is 0.0905. The van der Waals surface area contributed by atoms with Gasteiger partial charge < -0.3 is 5.32 Å². The van der Waals surface area contributed by atoms with Gasteiger partial charge >= 0.3 is 0 Å². The van der Waals surface area contributed by atoms with Crippen LogP contribution in [0.3, 0.4) is 0 Å². The van der Waals surface area contributed by atoms with Crippen molar-refractivity contribution in [2.75, 3.05) is 21.1 Å². The van der Waals surface area contributed by atoms with Crippen LogP contribution in [0.25, 0.3) is 21.8 Å². The van der Waals surface area contributed by atoms with E-state index in [1.807, 2.05) is 60.7 Å². The highest BCUT2D eigenvalue weighted by atomic mass is 79.9. The van der Waals surface area contributed by atoms with Gasteiger partial charge in [0, 0.05) is 27.5 Å². The van der Waals surface area contributed by atoms with Crippen LogP contribution in [0.2, 0.25) is 0 Å². The number of halogens is 1. The number of fused-ring (bicyclic) bond motifs is 2. The fraction of sp³-hybridized carbons (Fsp3) is 0.136. The monoisotopic (exact) mass is 469 g/mol. The molecule has 0 bridgehead atoms. The van der Waals surface area contributed by atoms with Gasteiger partial charge in [-0.2, -0.15) is 0 Å². The maximum atomic E-state index is 12.1. The number of hydrogen-bond donors (Lipinski definition) is 2. The Kier molecular flexibility index (Phi) is 5.69. The third-order valence-electron chi connectivity index (χ3n) is 4.56. The lowest BCUT2D eigenvalue weighted by Gasteiger charge is -2.14. The van der Waals surface area contributed by atoms with Crippen molar-refractivity contribution >= 4 is 64.8 Å². The molecule has 0 amide bonds. The Morgan fingerprint density at radius 1 is 0.793 bits per heavy atom. The van der Waals surface area contributed by atoms with Gasteiger partial charge in [0.15, 0.2) is 0 Å². The van der Waals surface area contributed by atoms with Gasteiger partial charge in [-0.05, 0) is 42.8 Å². The Hall–Kier alpha value is -2.64. The first-order chi connectivity index (χ1) is 14.1. The number of sulfonamides is 1. The van der Waals surface area contributed by atoms with E-state index in [0.29, 0.717) is 17.4 Å². The van der Waals surface area contributed by atoms with Crippen LogP contribution < -0.4 is 10.0 Å². The second-order valence-electron chi connectivity index (χ2n) is 6.69. The Morgan fingerprint density at radius 3 is 1.93 bits per heavy atom. The molecule has 0 aliphatic heterocycles. The van der Waals surface area contributed by atoms with E-state index in [1.165, 1.54) is 0 Å². The molecule has 1 heterocycles. The zero-order chi connectivity index (χ0) is 20.3. The van der Waals surface area contributed by atoms with Crippen molar-refractivity contribution in [3.63, 3.8) is 0 Å². The zero-order valence-corrected chi connectivity index (χ0v) is 18.0. The number of nitrogens with zero attached hydrogens (tertiary/aromatic N) is 1. The summed E-state index contributed by atoms with van der Waals surface area (Å²) in [5, 5.41) is 6.21. The van der Waals surface area contributed by atoms with E-state index in [1.54, 1.807) is 12.1 Å². The maximum absolute atomic E-state index is 12.1. The maximum Gasteiger partial charge on any atom is 0.232 e. The van der Waals surface area contributed by atoms with E-state index >= 15 is 0 Å². The van der Waals surface area contributed by atoms with E-state index in [4.69, 9.17) is 4.98 Å². The van der Waals surface area contributed by atoms with Crippen LogP contribution >= 0.6 is 15.9 Å². The number of alkyl halides is 1. The molecule has 4 rings (SSSR count). The Labute approximate surface area is 178 Å². The first-order valence-electron chi connectivity index (χ1n) is 9.27. The lowest BCUT2D eigenvalue weighted by Crippen LogP contribution is -2.16. The van der Waals surface area contributed by atoms with Gasteiger partial charge in [-0.25, -0.2) is 13.4 Å². The second-order valence-corrected chi connectivity index (χ2v) is 9.32. The van der Waals surface area contributed by atoms with Crippen molar-refractivity contribution in [3.05, 3.63) is 72.8 Å². The van der Waals surface area contributed by atoms with Crippen LogP contribution in [0.5, 0.6) is 0 Å². The van der Waals surface area contributed by atoms with Crippen molar-refractivity contribution < 1.29 is 8.42 Å². The van der Waals surface area contributed by atoms with Crippen molar-refractivity contribution in [3.8, 4) is 0 Å². The molecule has 0 radical (unpaired) electrons. The van der Waals surface area contributed by atoms with Crippen molar-refractivity contribution in [2.45, 2.75) is 6.42 Å². The van der Waals surface area contributed by atoms with E-state index < -0.39 is 10.0 Å². The van der Waals surface area contributed by atoms with Gasteiger partial charge in [-0.1, -0.05) is 52.3 Å². The average Bonchev–Trinajstić information content (AvgIpc) is 2.73. The molecular weight excluding hydrogens is 450 g/mol. The van der Waals surface area contributed by atoms with Gasteiger partial charge in [0.25, 0.3) is 0 Å². The molecule has 0 saturated carbocycles. The summed E-state index contributed by atoms with van der Waals surface area (Å²) in [5.41, 5.74) is 4.25. The predicted molar refractivity (Wildman–Crippen MR) is 125 cm³/mol. The minimum atomic E-state index is -3.33. The van der Waals surface area contributed by atoms with Crippen molar-refractivity contribution in [1.29, 1.82) is 0 Å². The predicted octanol–water partition coefficient (Wildman–Crippen LogP) is 5.66. The molecule has 5 nitrogen and oxygen atoms in total. The third kappa shape index (κ3) is 4.52. The minimum Gasteiger partial charge on any atom is -0.354 e. The smallest absolute Gasteiger partial charge is 0.232 e. The van der Waals surface area contributed by atoms with E-state index in [2.05, 4.69) is 26.0 Å². The molecular formula is C22H20BrN3O2S. The summed E-state index contributed by atoms with van der Waals surface area (Å²) in [7, 11) is -3.33. The van der Waals surface area contributed by atoms with Gasteiger partial charge in [0.05, 0.1) is 22.5 Å². The third-order valence-corrected chi connectivity index (χ3v) is 6.50. The molecule has 0 atom stereocenters. The largest absolute Gasteiger partial charge is 0.354 e. The number of benzene rings is 3. The molecule has 0 fully saturated rings. The molecule has 0 spiro atoms. The lowest BCUT2D eigenvalue weighted by atomic mass is 10.1. The topological polar surface area (TPSA) is 71.1 Å². The number of rotatable bonds is 7. The van der Waals surface area contributed by atoms with E-state index in [0.717, 1.165) is 33.2 Å². The van der Waals surface area contributed by atoms with Gasteiger partial charge in [-0.3, -0.25) is 4.72 Å². The Morgan fingerprint density at radius 2 is 1.34 bits per heavy atom. The Balaban J connectivity index is 1.65. The number of para-hydroxylation sites is 2. The van der Waals surface area contributed by atoms with Gasteiger partial charge in [0.2, 0.25) is 10.0 Å². The molecule has 0 aliphatic carbocycles. The van der Waals surface area contributed by atoms with E-state index in [-0.39, 0.29) is 5.75 Å². The summed E-state index contributed by atoms with van der Waals surface area (Å²) >= 11 is 3.26. The number of nitrogens with one attached hydrogen (secondary N) is 2. The number of anilines is 3. The molecule has 4 aromatic rings. The Bertz CT molecular complexity index is 1200. The zero-order valence-electron chi connectivity index (χ0n) is 15.6. The van der Waals surface area contributed by atoms with Crippen LogP contribution in [0.15, 0.2) is 72.8 Å². The molecule has 148 valence electrons. The number of aromatic nitrogens is 1. The van der Waals surface area contributed by atoms with Gasteiger partial charge in [0.1, 0.15) is 0 Å². The van der Waals surface area contributed by atoms with Crippen molar-refractivity contribution in [1.82, 2.24) is 4.98 Å². The highest BCUT2D eigenvalue weighted by Crippen LogP contribution is 2.33. The lowest BCUT2D eigenvalue weighted by molar-refractivity contribution is 0.600. The molecule has 2 N–H and O–H groups in total. The highest BCUT2D eigenvalue weighted by Gasteiger charge is 2.11. The minimum absolute atomic E-state index is 0.0905. The second kappa shape index (κ2) is 8.39. The summed E-state index contributed by atoms with van der Waals surface area (Å²) in [4.78, 5) is 4.74. The molecule has 7 heteroatoms. The van der Waals surface area contributed by atoms with E-state index in [9.17, 15) is 8.42 Å². The van der Waals surface area contributed by atoms with Crippen LogP contribution in [-0.4, -0.2) is 24.5 Å². The summed E-state index contributed by atoms with van der Waals surface area (Å²) in [6, 6.07) is 23.3. The fourth-order valence-corrected chi connectivity index (χ4v) is 4.99. The van der Waals surface area contributed by atoms with Gasteiger partial charge in [-0.15, -0.1) is 0 Å². The van der Waals surface area contributed by atoms with Crippen LogP contribution in [0.4, 0.5) is 17.1 Å².